The molecule has 4 rings (SSSR count). The highest BCUT2D eigenvalue weighted by Gasteiger charge is 2.34. The van der Waals surface area contributed by atoms with Crippen molar-refractivity contribution in [2.24, 2.45) is 5.92 Å². The lowest BCUT2D eigenvalue weighted by Gasteiger charge is -2.28. The number of hydrogen-bond acceptors (Lipinski definition) is 2. The van der Waals surface area contributed by atoms with Crippen molar-refractivity contribution >= 4 is 23.4 Å². The number of carboxylic acid groups (broad SMARTS) is 1. The second-order valence-electron chi connectivity index (χ2n) is 8.23. The molecular weight excluding hydrogens is 374 g/mol. The summed E-state index contributed by atoms with van der Waals surface area (Å²) in [6, 6.07) is 5.55. The van der Waals surface area contributed by atoms with Crippen LogP contribution in [-0.4, -0.2) is 21.8 Å². The van der Waals surface area contributed by atoms with Crippen molar-refractivity contribution in [3.05, 3.63) is 56.9 Å². The zero-order valence-electron chi connectivity index (χ0n) is 16.2. The number of carbonyl (C=O) groups is 2. The molecule has 148 valence electrons. The van der Waals surface area contributed by atoms with Crippen LogP contribution in [0.1, 0.15) is 82.9 Å². The molecule has 0 bridgehead atoms. The Kier molecular flexibility index (Phi) is 5.33. The molecule has 2 aliphatic rings. The summed E-state index contributed by atoms with van der Waals surface area (Å²) in [7, 11) is 0. The molecular formula is C23H26ClNO3. The van der Waals surface area contributed by atoms with Crippen LogP contribution in [0.5, 0.6) is 0 Å². The van der Waals surface area contributed by atoms with E-state index < -0.39 is 5.97 Å². The lowest BCUT2D eigenvalue weighted by molar-refractivity contribution is -0.142. The molecule has 28 heavy (non-hydrogen) atoms. The fourth-order valence-corrected chi connectivity index (χ4v) is 5.32. The minimum atomic E-state index is -0.697. The number of carbonyl (C=O) groups excluding carboxylic acids is 1. The van der Waals surface area contributed by atoms with Gasteiger partial charge in [0.2, 0.25) is 5.78 Å². The van der Waals surface area contributed by atoms with Crippen LogP contribution in [0.3, 0.4) is 0 Å². The Morgan fingerprint density at radius 3 is 2.50 bits per heavy atom. The Balaban J connectivity index is 1.75. The molecule has 1 fully saturated rings. The molecule has 1 aromatic heterocycles. The molecule has 0 unspecified atom stereocenters. The van der Waals surface area contributed by atoms with E-state index in [2.05, 4.69) is 4.98 Å². The van der Waals surface area contributed by atoms with Gasteiger partial charge in [0, 0.05) is 11.3 Å². The fraction of sp³-hybridized carbons (Fsp3) is 0.478. The highest BCUT2D eigenvalue weighted by Crippen LogP contribution is 2.42. The van der Waals surface area contributed by atoms with E-state index in [4.69, 9.17) is 11.6 Å². The van der Waals surface area contributed by atoms with Crippen molar-refractivity contribution in [2.75, 3.05) is 0 Å². The smallest absolute Gasteiger partial charge is 0.306 e. The third kappa shape index (κ3) is 3.39. The Morgan fingerprint density at radius 2 is 1.82 bits per heavy atom. The summed E-state index contributed by atoms with van der Waals surface area (Å²) in [6.07, 6.45) is 7.25. The number of aromatic nitrogens is 1. The molecule has 2 N–H and O–H groups in total. The molecule has 2 aliphatic carbocycles. The maximum absolute atomic E-state index is 13.5. The molecule has 0 radical (unpaired) electrons. The Hall–Kier alpha value is -2.07. The van der Waals surface area contributed by atoms with Crippen molar-refractivity contribution in [3.63, 3.8) is 0 Å². The van der Waals surface area contributed by atoms with E-state index in [1.165, 1.54) is 11.3 Å². The SMILES string of the molecule is Cc1cccc(Cl)c1C(=O)c1[nH]c2c(c1C1CCC(C(=O)O)CC1)CCCC2. The molecule has 0 saturated heterocycles. The average Bonchev–Trinajstić information content (AvgIpc) is 3.07. The van der Waals surface area contributed by atoms with Gasteiger partial charge in [-0.05, 0) is 87.0 Å². The molecule has 1 heterocycles. The van der Waals surface area contributed by atoms with Crippen LogP contribution in [0.15, 0.2) is 18.2 Å². The summed E-state index contributed by atoms with van der Waals surface area (Å²) in [6.45, 7) is 1.92. The first-order valence-corrected chi connectivity index (χ1v) is 10.6. The number of benzene rings is 1. The summed E-state index contributed by atoms with van der Waals surface area (Å²) in [5, 5.41) is 9.81. The van der Waals surface area contributed by atoms with Crippen LogP contribution in [0.25, 0.3) is 0 Å². The Labute approximate surface area is 170 Å². The van der Waals surface area contributed by atoms with E-state index in [1.807, 2.05) is 19.1 Å². The summed E-state index contributed by atoms with van der Waals surface area (Å²) in [5.41, 5.74) is 5.77. The zero-order chi connectivity index (χ0) is 19.8. The monoisotopic (exact) mass is 399 g/mol. The van der Waals surface area contributed by atoms with Crippen LogP contribution in [0.2, 0.25) is 5.02 Å². The summed E-state index contributed by atoms with van der Waals surface area (Å²) in [5.74, 6) is -0.739. The molecule has 5 heteroatoms. The van der Waals surface area contributed by atoms with Gasteiger partial charge in [0.05, 0.1) is 16.6 Å². The first kappa shape index (κ1) is 19.3. The predicted octanol–water partition coefficient (Wildman–Crippen LogP) is 5.44. The fourth-order valence-electron chi connectivity index (χ4n) is 5.01. The van der Waals surface area contributed by atoms with E-state index in [0.29, 0.717) is 29.1 Å². The van der Waals surface area contributed by atoms with Gasteiger partial charge < -0.3 is 10.1 Å². The number of aromatic amines is 1. The number of aryl methyl sites for hydroxylation is 2. The largest absolute Gasteiger partial charge is 0.481 e. The van der Waals surface area contributed by atoms with E-state index >= 15 is 0 Å². The first-order chi connectivity index (χ1) is 13.5. The minimum absolute atomic E-state index is 0.0344. The van der Waals surface area contributed by atoms with Crippen molar-refractivity contribution < 1.29 is 14.7 Å². The van der Waals surface area contributed by atoms with Crippen LogP contribution in [0, 0.1) is 12.8 Å². The number of rotatable bonds is 4. The standard InChI is InChI=1S/C23H26ClNO3/c1-13-5-4-7-17(24)19(13)22(26)21-20(16-6-2-3-8-18(16)25-21)14-9-11-15(12-10-14)23(27)28/h4-5,7,14-15,25H,2-3,6,8-12H2,1H3,(H,27,28). The third-order valence-corrected chi connectivity index (χ3v) is 6.81. The van der Waals surface area contributed by atoms with E-state index in [-0.39, 0.29) is 17.6 Å². The molecule has 4 nitrogen and oxygen atoms in total. The van der Waals surface area contributed by atoms with Gasteiger partial charge in [0.25, 0.3) is 0 Å². The van der Waals surface area contributed by atoms with Gasteiger partial charge in [-0.3, -0.25) is 9.59 Å². The second kappa shape index (κ2) is 7.75. The van der Waals surface area contributed by atoms with Crippen LogP contribution in [0.4, 0.5) is 0 Å². The molecule has 0 aliphatic heterocycles. The number of ketones is 1. The Bertz CT molecular complexity index is 902. The van der Waals surface area contributed by atoms with Crippen molar-refractivity contribution in [1.29, 1.82) is 0 Å². The maximum atomic E-state index is 13.5. The predicted molar refractivity (Wildman–Crippen MR) is 109 cm³/mol. The number of carboxylic acids is 1. The molecule has 1 saturated carbocycles. The lowest BCUT2D eigenvalue weighted by atomic mass is 9.75. The molecule has 1 aromatic carbocycles. The summed E-state index contributed by atoms with van der Waals surface area (Å²) in [4.78, 5) is 28.3. The van der Waals surface area contributed by atoms with Crippen LogP contribution >= 0.6 is 11.6 Å². The van der Waals surface area contributed by atoms with Gasteiger partial charge in [0.15, 0.2) is 0 Å². The normalized spacial score (nSPS) is 21.9. The highest BCUT2D eigenvalue weighted by molar-refractivity contribution is 6.35. The van der Waals surface area contributed by atoms with Gasteiger partial charge in [0.1, 0.15) is 0 Å². The van der Waals surface area contributed by atoms with Gasteiger partial charge >= 0.3 is 5.97 Å². The molecule has 0 amide bonds. The number of fused-ring (bicyclic) bond motifs is 1. The van der Waals surface area contributed by atoms with E-state index in [0.717, 1.165) is 49.7 Å². The quantitative estimate of drug-likeness (QED) is 0.672. The van der Waals surface area contributed by atoms with E-state index in [1.54, 1.807) is 6.07 Å². The lowest BCUT2D eigenvalue weighted by Crippen LogP contribution is -2.22. The Morgan fingerprint density at radius 1 is 1.11 bits per heavy atom. The van der Waals surface area contributed by atoms with Crippen molar-refractivity contribution in [2.45, 2.75) is 64.2 Å². The number of hydrogen-bond donors (Lipinski definition) is 2. The molecule has 0 spiro atoms. The summed E-state index contributed by atoms with van der Waals surface area (Å²) >= 11 is 6.39. The van der Waals surface area contributed by atoms with Gasteiger partial charge in [-0.15, -0.1) is 0 Å². The third-order valence-electron chi connectivity index (χ3n) is 6.50. The molecule has 2 aromatic rings. The van der Waals surface area contributed by atoms with Crippen LogP contribution < -0.4 is 0 Å². The summed E-state index contributed by atoms with van der Waals surface area (Å²) < 4.78 is 0. The van der Waals surface area contributed by atoms with Crippen molar-refractivity contribution in [1.82, 2.24) is 4.98 Å². The zero-order valence-corrected chi connectivity index (χ0v) is 16.9. The second-order valence-corrected chi connectivity index (χ2v) is 8.63. The topological polar surface area (TPSA) is 70.2 Å². The average molecular weight is 400 g/mol. The highest BCUT2D eigenvalue weighted by atomic mass is 35.5. The maximum Gasteiger partial charge on any atom is 0.306 e. The van der Waals surface area contributed by atoms with E-state index in [9.17, 15) is 14.7 Å². The van der Waals surface area contributed by atoms with Crippen LogP contribution in [-0.2, 0) is 17.6 Å². The van der Waals surface area contributed by atoms with Gasteiger partial charge in [-0.25, -0.2) is 0 Å². The number of aliphatic carboxylic acids is 1. The first-order valence-electron chi connectivity index (χ1n) is 10.2. The van der Waals surface area contributed by atoms with Crippen molar-refractivity contribution in [3.8, 4) is 0 Å². The number of halogens is 1. The van der Waals surface area contributed by atoms with Gasteiger partial charge in [-0.1, -0.05) is 23.7 Å². The number of H-pyrrole nitrogens is 1. The van der Waals surface area contributed by atoms with Gasteiger partial charge in [-0.2, -0.15) is 0 Å². The number of nitrogens with one attached hydrogen (secondary N) is 1. The minimum Gasteiger partial charge on any atom is -0.481 e. The molecule has 0 atom stereocenters.